The molecule has 7 nitrogen and oxygen atoms in total. The minimum Gasteiger partial charge on any atom is -0.482 e. The number of ether oxygens (including phenoxy) is 2. The third-order valence-electron chi connectivity index (χ3n) is 6.64. The number of nitrogens with zero attached hydrogens (tertiary/aromatic N) is 1. The Morgan fingerprint density at radius 3 is 2.34 bits per heavy atom. The van der Waals surface area contributed by atoms with E-state index in [2.05, 4.69) is 0 Å². The summed E-state index contributed by atoms with van der Waals surface area (Å²) in [5.74, 6) is -1.02. The van der Waals surface area contributed by atoms with Crippen molar-refractivity contribution in [3.8, 4) is 0 Å². The van der Waals surface area contributed by atoms with Gasteiger partial charge in [0.25, 0.3) is 0 Å². The van der Waals surface area contributed by atoms with Crippen LogP contribution in [0.4, 0.5) is 4.79 Å². The number of aliphatic hydroxyl groups is 1. The molecule has 2 heterocycles. The molecule has 0 aliphatic carbocycles. The maximum Gasteiger partial charge on any atom is 0.417 e. The molecule has 0 unspecified atom stereocenters. The Morgan fingerprint density at radius 1 is 1.00 bits per heavy atom. The Labute approximate surface area is 207 Å². The molecule has 2 aliphatic rings. The first-order valence-electron chi connectivity index (χ1n) is 12.7. The first-order valence-corrected chi connectivity index (χ1v) is 12.7. The second-order valence-electron chi connectivity index (χ2n) is 9.32. The van der Waals surface area contributed by atoms with Crippen molar-refractivity contribution in [2.24, 2.45) is 5.92 Å². The van der Waals surface area contributed by atoms with Crippen LogP contribution in [0, 0.1) is 5.92 Å². The van der Waals surface area contributed by atoms with Gasteiger partial charge in [0.15, 0.2) is 11.9 Å². The highest BCUT2D eigenvalue weighted by molar-refractivity contribution is 6.01. The smallest absolute Gasteiger partial charge is 0.417 e. The van der Waals surface area contributed by atoms with E-state index < -0.39 is 36.2 Å². The molecule has 1 aromatic rings. The number of hydrogen-bond donors (Lipinski definition) is 1. The molecular formula is C28H37NO6. The van der Waals surface area contributed by atoms with Crippen molar-refractivity contribution in [1.29, 1.82) is 0 Å². The fourth-order valence-electron chi connectivity index (χ4n) is 4.55. The molecule has 2 aliphatic heterocycles. The Bertz CT molecular complexity index is 925. The third kappa shape index (κ3) is 7.04. The summed E-state index contributed by atoms with van der Waals surface area (Å²) < 4.78 is 11.4. The van der Waals surface area contributed by atoms with E-state index in [1.54, 1.807) is 19.9 Å². The van der Waals surface area contributed by atoms with Crippen LogP contribution >= 0.6 is 0 Å². The molecule has 190 valence electrons. The van der Waals surface area contributed by atoms with Gasteiger partial charge in [0.2, 0.25) is 5.91 Å². The number of hydrogen-bond acceptors (Lipinski definition) is 6. The van der Waals surface area contributed by atoms with Crippen molar-refractivity contribution in [1.82, 2.24) is 4.90 Å². The van der Waals surface area contributed by atoms with Gasteiger partial charge in [0.1, 0.15) is 11.9 Å². The van der Waals surface area contributed by atoms with E-state index in [9.17, 15) is 14.4 Å². The molecule has 1 aromatic carbocycles. The van der Waals surface area contributed by atoms with Gasteiger partial charge < -0.3 is 14.6 Å². The Kier molecular flexibility index (Phi) is 10.1. The van der Waals surface area contributed by atoms with Crippen LogP contribution in [0.15, 0.2) is 54.3 Å². The molecule has 35 heavy (non-hydrogen) atoms. The summed E-state index contributed by atoms with van der Waals surface area (Å²) in [6, 6.07) is 8.82. The van der Waals surface area contributed by atoms with E-state index in [4.69, 9.17) is 14.6 Å². The van der Waals surface area contributed by atoms with Crippen LogP contribution in [0.1, 0.15) is 76.9 Å². The number of rotatable bonds is 12. The van der Waals surface area contributed by atoms with Gasteiger partial charge in [-0.2, -0.15) is 0 Å². The zero-order valence-corrected chi connectivity index (χ0v) is 20.7. The lowest BCUT2D eigenvalue weighted by Gasteiger charge is -2.28. The van der Waals surface area contributed by atoms with Crippen LogP contribution < -0.4 is 0 Å². The number of imide groups is 1. The molecule has 1 N–H and O–H groups in total. The van der Waals surface area contributed by atoms with Crippen molar-refractivity contribution in [2.45, 2.75) is 83.5 Å². The second-order valence-corrected chi connectivity index (χ2v) is 9.32. The van der Waals surface area contributed by atoms with E-state index in [1.807, 2.05) is 36.4 Å². The van der Waals surface area contributed by atoms with Crippen LogP contribution in [-0.2, 0) is 19.1 Å². The number of carbonyl (C=O) groups is 3. The van der Waals surface area contributed by atoms with Gasteiger partial charge in [0.05, 0.1) is 12.0 Å². The largest absolute Gasteiger partial charge is 0.482 e. The van der Waals surface area contributed by atoms with Crippen molar-refractivity contribution in [2.75, 3.05) is 6.61 Å². The van der Waals surface area contributed by atoms with Gasteiger partial charge in [-0.3, -0.25) is 9.59 Å². The highest BCUT2D eigenvalue weighted by atomic mass is 16.6. The van der Waals surface area contributed by atoms with E-state index in [0.29, 0.717) is 5.76 Å². The number of allylic oxidation sites excluding steroid dienone is 2. The van der Waals surface area contributed by atoms with E-state index >= 15 is 0 Å². The number of benzene rings is 1. The van der Waals surface area contributed by atoms with Crippen molar-refractivity contribution < 1.29 is 29.0 Å². The molecule has 0 saturated carbocycles. The van der Waals surface area contributed by atoms with Crippen LogP contribution in [-0.4, -0.2) is 46.5 Å². The molecule has 2 amide bonds. The lowest BCUT2D eigenvalue weighted by atomic mass is 9.95. The van der Waals surface area contributed by atoms with Crippen LogP contribution in [0.5, 0.6) is 0 Å². The first kappa shape index (κ1) is 26.7. The summed E-state index contributed by atoms with van der Waals surface area (Å²) in [6.07, 6.45) is 11.2. The first-order chi connectivity index (χ1) is 16.9. The molecule has 1 saturated heterocycles. The molecular weight excluding hydrogens is 446 g/mol. The Hall–Kier alpha value is -2.93. The molecule has 0 radical (unpaired) electrons. The number of amides is 2. The third-order valence-corrected chi connectivity index (χ3v) is 6.64. The molecule has 3 rings (SSSR count). The number of aliphatic hydroxyl groups excluding tert-OH is 1. The Morgan fingerprint density at radius 2 is 1.66 bits per heavy atom. The van der Waals surface area contributed by atoms with Gasteiger partial charge in [-0.15, -0.1) is 0 Å². The normalized spacial score (nSPS) is 23.9. The Balaban J connectivity index is 1.53. The van der Waals surface area contributed by atoms with Gasteiger partial charge in [-0.1, -0.05) is 62.4 Å². The van der Waals surface area contributed by atoms with Crippen molar-refractivity contribution in [3.05, 3.63) is 59.9 Å². The molecule has 4 atom stereocenters. The number of ketones is 1. The fourth-order valence-corrected chi connectivity index (χ4v) is 4.55. The lowest BCUT2D eigenvalue weighted by molar-refractivity contribution is -0.142. The zero-order valence-electron chi connectivity index (χ0n) is 20.7. The molecule has 1 fully saturated rings. The van der Waals surface area contributed by atoms with Gasteiger partial charge >= 0.3 is 6.09 Å². The molecule has 7 heteroatoms. The second kappa shape index (κ2) is 13.2. The van der Waals surface area contributed by atoms with Crippen LogP contribution in [0.25, 0.3) is 0 Å². The highest BCUT2D eigenvalue weighted by Gasteiger charge is 2.47. The lowest BCUT2D eigenvalue weighted by Crippen LogP contribution is -2.47. The van der Waals surface area contributed by atoms with Gasteiger partial charge in [-0.25, -0.2) is 9.69 Å². The van der Waals surface area contributed by atoms with Gasteiger partial charge in [-0.05, 0) is 56.9 Å². The summed E-state index contributed by atoms with van der Waals surface area (Å²) in [5.41, 5.74) is 0.819. The predicted octanol–water partition coefficient (Wildman–Crippen LogP) is 5.25. The number of cyclic esters (lactones) is 1. The topological polar surface area (TPSA) is 93.1 Å². The summed E-state index contributed by atoms with van der Waals surface area (Å²) in [5, 5.41) is 8.81. The minimum absolute atomic E-state index is 0.268. The van der Waals surface area contributed by atoms with Crippen molar-refractivity contribution in [3.63, 3.8) is 0 Å². The minimum atomic E-state index is -0.971. The van der Waals surface area contributed by atoms with E-state index in [1.165, 1.54) is 12.5 Å². The summed E-state index contributed by atoms with van der Waals surface area (Å²) in [7, 11) is 0. The fraction of sp³-hybridized carbons (Fsp3) is 0.536. The van der Waals surface area contributed by atoms with Gasteiger partial charge in [0, 0.05) is 6.61 Å². The average Bonchev–Trinajstić information content (AvgIpc) is 3.17. The van der Waals surface area contributed by atoms with E-state index in [0.717, 1.165) is 55.4 Å². The van der Waals surface area contributed by atoms with Crippen LogP contribution in [0.2, 0.25) is 0 Å². The molecule has 0 aromatic heterocycles. The standard InChI is InChI=1S/C28H37NO6/c1-20(27(32)29-21(2)26(35-28(29)33)22-14-10-9-11-15-22)25-24(31)18-17-23(34-25)16-12-7-5-3-4-6-8-13-19-30/h9-11,14-18,20-21,25-26,30H,3-8,12-13,19H2,1-2H3/t20-,21-,25-,26-/m0/s1. The number of unbranched alkanes of at least 4 members (excludes halogenated alkanes) is 7. The maximum atomic E-state index is 13.3. The summed E-state index contributed by atoms with van der Waals surface area (Å²) >= 11 is 0. The average molecular weight is 484 g/mol. The van der Waals surface area contributed by atoms with Crippen molar-refractivity contribution >= 4 is 17.8 Å². The quantitative estimate of drug-likeness (QED) is 0.408. The van der Waals surface area contributed by atoms with Crippen LogP contribution in [0.3, 0.4) is 0 Å². The molecule has 0 spiro atoms. The van der Waals surface area contributed by atoms with E-state index in [-0.39, 0.29) is 12.4 Å². The summed E-state index contributed by atoms with van der Waals surface area (Å²) in [6.45, 7) is 3.66. The zero-order chi connectivity index (χ0) is 25.2. The summed E-state index contributed by atoms with van der Waals surface area (Å²) in [4.78, 5) is 39.5. The SMILES string of the molecule is C[C@H](C(=O)N1C(=O)O[C@H](c2ccccc2)[C@@H]1C)[C@@H]1OC(=CCCCCCCCCCO)C=CC1=O. The maximum absolute atomic E-state index is 13.3. The molecule has 0 bridgehead atoms. The monoisotopic (exact) mass is 483 g/mol. The number of carbonyl (C=O) groups excluding carboxylic acids is 3. The predicted molar refractivity (Wildman–Crippen MR) is 132 cm³/mol. The highest BCUT2D eigenvalue weighted by Crippen LogP contribution is 2.34.